The number of nitrogens with zero attached hydrogens (tertiary/aromatic N) is 2. The number of hydrogen-bond donors (Lipinski definition) is 1. The number of rotatable bonds is 2. The predicted molar refractivity (Wildman–Crippen MR) is 65.6 cm³/mol. The third kappa shape index (κ3) is 1.73. The maximum absolute atomic E-state index is 4.38. The standard InChI is InChI=1S/C12H15N3/c1-13-10-5-4-9-6-7-14-12(15(2)3)11(9)8-10/h4-8,13H,1-3H3. The van der Waals surface area contributed by atoms with Crippen LogP contribution in [0.1, 0.15) is 0 Å². The number of anilines is 2. The molecular weight excluding hydrogens is 186 g/mol. The average molecular weight is 201 g/mol. The first-order valence-electron chi connectivity index (χ1n) is 4.96. The van der Waals surface area contributed by atoms with Crippen molar-refractivity contribution in [1.29, 1.82) is 0 Å². The molecule has 2 aromatic rings. The number of pyridine rings is 1. The van der Waals surface area contributed by atoms with E-state index in [0.717, 1.165) is 11.5 Å². The summed E-state index contributed by atoms with van der Waals surface area (Å²) in [6.45, 7) is 0. The van der Waals surface area contributed by atoms with Gasteiger partial charge >= 0.3 is 0 Å². The van der Waals surface area contributed by atoms with Gasteiger partial charge in [0.15, 0.2) is 0 Å². The smallest absolute Gasteiger partial charge is 0.135 e. The van der Waals surface area contributed by atoms with Gasteiger partial charge in [-0.25, -0.2) is 4.98 Å². The fourth-order valence-electron chi connectivity index (χ4n) is 1.66. The van der Waals surface area contributed by atoms with E-state index >= 15 is 0 Å². The van der Waals surface area contributed by atoms with Gasteiger partial charge in [0.1, 0.15) is 5.82 Å². The molecule has 0 saturated heterocycles. The summed E-state index contributed by atoms with van der Waals surface area (Å²) in [4.78, 5) is 6.41. The molecule has 0 aliphatic rings. The summed E-state index contributed by atoms with van der Waals surface area (Å²) in [7, 11) is 5.94. The van der Waals surface area contributed by atoms with Crippen molar-refractivity contribution in [2.75, 3.05) is 31.4 Å². The Bertz CT molecular complexity index is 477. The van der Waals surface area contributed by atoms with Crippen molar-refractivity contribution in [1.82, 2.24) is 4.98 Å². The zero-order valence-corrected chi connectivity index (χ0v) is 9.28. The van der Waals surface area contributed by atoms with E-state index in [2.05, 4.69) is 28.5 Å². The quantitative estimate of drug-likeness (QED) is 0.808. The van der Waals surface area contributed by atoms with E-state index in [4.69, 9.17) is 0 Å². The van der Waals surface area contributed by atoms with Crippen LogP contribution >= 0.6 is 0 Å². The molecule has 2 rings (SSSR count). The Kier molecular flexibility index (Phi) is 2.46. The Morgan fingerprint density at radius 1 is 1.20 bits per heavy atom. The zero-order chi connectivity index (χ0) is 10.8. The number of fused-ring (bicyclic) bond motifs is 1. The first kappa shape index (κ1) is 9.77. The minimum absolute atomic E-state index is 1.00. The topological polar surface area (TPSA) is 28.2 Å². The largest absolute Gasteiger partial charge is 0.388 e. The number of benzene rings is 1. The number of aromatic nitrogens is 1. The molecule has 3 nitrogen and oxygen atoms in total. The molecule has 0 spiro atoms. The Hall–Kier alpha value is -1.77. The van der Waals surface area contributed by atoms with Crippen molar-refractivity contribution in [2.45, 2.75) is 0 Å². The van der Waals surface area contributed by atoms with Gasteiger partial charge < -0.3 is 10.2 Å². The highest BCUT2D eigenvalue weighted by Crippen LogP contribution is 2.25. The molecule has 15 heavy (non-hydrogen) atoms. The molecule has 0 aliphatic heterocycles. The molecule has 78 valence electrons. The second-order valence-corrected chi connectivity index (χ2v) is 3.71. The molecule has 0 atom stereocenters. The molecule has 0 amide bonds. The second kappa shape index (κ2) is 3.77. The Morgan fingerprint density at radius 3 is 2.67 bits per heavy atom. The van der Waals surface area contributed by atoms with E-state index in [1.165, 1.54) is 10.8 Å². The normalized spacial score (nSPS) is 10.3. The van der Waals surface area contributed by atoms with Crippen LogP contribution in [0.5, 0.6) is 0 Å². The minimum atomic E-state index is 1.00. The molecule has 1 aromatic heterocycles. The van der Waals surface area contributed by atoms with E-state index < -0.39 is 0 Å². The van der Waals surface area contributed by atoms with Gasteiger partial charge in [-0.3, -0.25) is 0 Å². The first-order valence-corrected chi connectivity index (χ1v) is 4.96. The summed E-state index contributed by atoms with van der Waals surface area (Å²) in [5, 5.41) is 5.53. The first-order chi connectivity index (χ1) is 7.22. The van der Waals surface area contributed by atoms with Gasteiger partial charge in [0, 0.05) is 38.4 Å². The number of hydrogen-bond acceptors (Lipinski definition) is 3. The van der Waals surface area contributed by atoms with Gasteiger partial charge in [-0.15, -0.1) is 0 Å². The summed E-state index contributed by atoms with van der Waals surface area (Å²) >= 11 is 0. The van der Waals surface area contributed by atoms with Crippen LogP contribution < -0.4 is 10.2 Å². The molecule has 0 fully saturated rings. The summed E-state index contributed by atoms with van der Waals surface area (Å²) in [5.41, 5.74) is 1.11. The van der Waals surface area contributed by atoms with Crippen molar-refractivity contribution in [3.05, 3.63) is 30.5 Å². The highest BCUT2D eigenvalue weighted by atomic mass is 15.1. The Labute approximate surface area is 89.7 Å². The van der Waals surface area contributed by atoms with E-state index in [9.17, 15) is 0 Å². The average Bonchev–Trinajstić information content (AvgIpc) is 2.27. The van der Waals surface area contributed by atoms with Crippen LogP contribution in [-0.4, -0.2) is 26.1 Å². The lowest BCUT2D eigenvalue weighted by Crippen LogP contribution is -2.10. The second-order valence-electron chi connectivity index (χ2n) is 3.71. The van der Waals surface area contributed by atoms with Crippen molar-refractivity contribution >= 4 is 22.3 Å². The molecule has 0 unspecified atom stereocenters. The highest BCUT2D eigenvalue weighted by molar-refractivity contribution is 5.94. The summed E-state index contributed by atoms with van der Waals surface area (Å²) < 4.78 is 0. The maximum Gasteiger partial charge on any atom is 0.135 e. The van der Waals surface area contributed by atoms with Crippen LogP contribution in [0.4, 0.5) is 11.5 Å². The fourth-order valence-corrected chi connectivity index (χ4v) is 1.66. The fraction of sp³-hybridized carbons (Fsp3) is 0.250. The Balaban J connectivity index is 2.70. The van der Waals surface area contributed by atoms with Crippen LogP contribution in [0.2, 0.25) is 0 Å². The van der Waals surface area contributed by atoms with Gasteiger partial charge in [0.25, 0.3) is 0 Å². The molecular formula is C12H15N3. The third-order valence-electron chi connectivity index (χ3n) is 2.46. The summed E-state index contributed by atoms with van der Waals surface area (Å²) in [6.07, 6.45) is 1.84. The molecule has 0 bridgehead atoms. The van der Waals surface area contributed by atoms with Crippen molar-refractivity contribution < 1.29 is 0 Å². The van der Waals surface area contributed by atoms with Gasteiger partial charge in [-0.05, 0) is 23.6 Å². The van der Waals surface area contributed by atoms with Crippen LogP contribution in [0.3, 0.4) is 0 Å². The van der Waals surface area contributed by atoms with Gasteiger partial charge in [0.05, 0.1) is 0 Å². The van der Waals surface area contributed by atoms with E-state index in [1.54, 1.807) is 0 Å². The lowest BCUT2D eigenvalue weighted by molar-refractivity contribution is 1.08. The molecule has 0 aliphatic carbocycles. The predicted octanol–water partition coefficient (Wildman–Crippen LogP) is 2.34. The van der Waals surface area contributed by atoms with E-state index in [1.807, 2.05) is 38.3 Å². The third-order valence-corrected chi connectivity index (χ3v) is 2.46. The van der Waals surface area contributed by atoms with Crippen molar-refractivity contribution in [2.24, 2.45) is 0 Å². The highest BCUT2D eigenvalue weighted by Gasteiger charge is 2.04. The molecule has 1 N–H and O–H groups in total. The van der Waals surface area contributed by atoms with Gasteiger partial charge in [0.2, 0.25) is 0 Å². The van der Waals surface area contributed by atoms with E-state index in [0.29, 0.717) is 0 Å². The molecule has 0 radical (unpaired) electrons. The monoisotopic (exact) mass is 201 g/mol. The van der Waals surface area contributed by atoms with E-state index in [-0.39, 0.29) is 0 Å². The van der Waals surface area contributed by atoms with Crippen LogP contribution in [0.15, 0.2) is 30.5 Å². The van der Waals surface area contributed by atoms with Crippen molar-refractivity contribution in [3.8, 4) is 0 Å². The molecule has 1 heterocycles. The maximum atomic E-state index is 4.38. The van der Waals surface area contributed by atoms with Crippen LogP contribution in [-0.2, 0) is 0 Å². The SMILES string of the molecule is CNc1ccc2ccnc(N(C)C)c2c1. The minimum Gasteiger partial charge on any atom is -0.388 e. The van der Waals surface area contributed by atoms with Crippen molar-refractivity contribution in [3.63, 3.8) is 0 Å². The summed E-state index contributed by atoms with van der Waals surface area (Å²) in [6, 6.07) is 8.33. The molecule has 3 heteroatoms. The lowest BCUT2D eigenvalue weighted by atomic mass is 10.1. The zero-order valence-electron chi connectivity index (χ0n) is 9.28. The molecule has 1 aromatic carbocycles. The Morgan fingerprint density at radius 2 is 2.00 bits per heavy atom. The lowest BCUT2D eigenvalue weighted by Gasteiger charge is -2.14. The van der Waals surface area contributed by atoms with Gasteiger partial charge in [-0.2, -0.15) is 0 Å². The van der Waals surface area contributed by atoms with Crippen LogP contribution in [0.25, 0.3) is 10.8 Å². The van der Waals surface area contributed by atoms with Crippen LogP contribution in [0, 0.1) is 0 Å². The molecule has 0 saturated carbocycles. The summed E-state index contributed by atoms with van der Waals surface area (Å²) in [5.74, 6) is 1.00. The number of nitrogens with one attached hydrogen (secondary N) is 1. The van der Waals surface area contributed by atoms with Gasteiger partial charge in [-0.1, -0.05) is 6.07 Å².